The molecule has 1 heterocycles. The van der Waals surface area contributed by atoms with Gasteiger partial charge in [-0.25, -0.2) is 0 Å². The van der Waals surface area contributed by atoms with Crippen LogP contribution in [0.1, 0.15) is 17.5 Å². The third kappa shape index (κ3) is 2.86. The number of nitrogens with one attached hydrogen (secondary N) is 1. The van der Waals surface area contributed by atoms with Crippen molar-refractivity contribution in [1.29, 1.82) is 5.26 Å². The minimum Gasteiger partial charge on any atom is -0.457 e. The Hall–Kier alpha value is -2.57. The molecule has 1 aliphatic carbocycles. The van der Waals surface area contributed by atoms with Crippen molar-refractivity contribution in [1.82, 2.24) is 5.32 Å². The standard InChI is InChI=1S/C20H18N2O/c21-11-14-1-5-19(6-2-14)23-20-7-3-15(4-8-20)16-9-17-12-22-13-18(17)10-16/h1-9,17-18,22H,10,12-13H2/t17-,18+/m0/s1. The Labute approximate surface area is 136 Å². The van der Waals surface area contributed by atoms with Crippen LogP contribution in [-0.4, -0.2) is 13.1 Å². The van der Waals surface area contributed by atoms with Gasteiger partial charge in [-0.1, -0.05) is 18.2 Å². The minimum absolute atomic E-state index is 0.640. The van der Waals surface area contributed by atoms with E-state index >= 15 is 0 Å². The molecule has 0 radical (unpaired) electrons. The summed E-state index contributed by atoms with van der Waals surface area (Å²) in [5, 5.41) is 12.3. The molecule has 0 unspecified atom stereocenters. The first kappa shape index (κ1) is 14.0. The molecule has 114 valence electrons. The lowest BCUT2D eigenvalue weighted by Gasteiger charge is -2.09. The number of hydrogen-bond donors (Lipinski definition) is 1. The van der Waals surface area contributed by atoms with E-state index in [2.05, 4.69) is 29.6 Å². The van der Waals surface area contributed by atoms with Crippen molar-refractivity contribution in [3.63, 3.8) is 0 Å². The van der Waals surface area contributed by atoms with Gasteiger partial charge >= 0.3 is 0 Å². The number of nitriles is 1. The van der Waals surface area contributed by atoms with Crippen molar-refractivity contribution in [2.75, 3.05) is 13.1 Å². The summed E-state index contributed by atoms with van der Waals surface area (Å²) in [4.78, 5) is 0. The second-order valence-corrected chi connectivity index (χ2v) is 6.24. The van der Waals surface area contributed by atoms with Crippen LogP contribution in [0.15, 0.2) is 54.6 Å². The van der Waals surface area contributed by atoms with Gasteiger partial charge in [0, 0.05) is 6.54 Å². The highest BCUT2D eigenvalue weighted by atomic mass is 16.5. The van der Waals surface area contributed by atoms with Gasteiger partial charge in [-0.3, -0.25) is 0 Å². The fraction of sp³-hybridized carbons (Fsp3) is 0.250. The van der Waals surface area contributed by atoms with E-state index in [0.717, 1.165) is 30.5 Å². The third-order valence-corrected chi connectivity index (χ3v) is 4.73. The van der Waals surface area contributed by atoms with Crippen LogP contribution < -0.4 is 10.1 Å². The number of benzene rings is 2. The lowest BCUT2D eigenvalue weighted by Crippen LogP contribution is -2.09. The molecule has 1 aliphatic heterocycles. The van der Waals surface area contributed by atoms with Crippen LogP contribution >= 0.6 is 0 Å². The molecule has 1 saturated heterocycles. The zero-order valence-corrected chi connectivity index (χ0v) is 12.8. The molecule has 0 aromatic heterocycles. The fourth-order valence-corrected chi connectivity index (χ4v) is 3.47. The third-order valence-electron chi connectivity index (χ3n) is 4.73. The maximum Gasteiger partial charge on any atom is 0.127 e. The maximum atomic E-state index is 8.81. The van der Waals surface area contributed by atoms with Crippen LogP contribution in [0.25, 0.3) is 5.57 Å². The van der Waals surface area contributed by atoms with Gasteiger partial charge in [-0.05, 0) is 72.3 Å². The van der Waals surface area contributed by atoms with Crippen LogP contribution in [0.3, 0.4) is 0 Å². The zero-order chi connectivity index (χ0) is 15.6. The van der Waals surface area contributed by atoms with E-state index in [0.29, 0.717) is 11.5 Å². The van der Waals surface area contributed by atoms with Crippen molar-refractivity contribution in [2.45, 2.75) is 6.42 Å². The zero-order valence-electron chi connectivity index (χ0n) is 12.8. The Morgan fingerprint density at radius 2 is 1.65 bits per heavy atom. The fourth-order valence-electron chi connectivity index (χ4n) is 3.47. The summed E-state index contributed by atoms with van der Waals surface area (Å²) in [6.07, 6.45) is 3.61. The average Bonchev–Trinajstić information content (AvgIpc) is 3.18. The Kier molecular flexibility index (Phi) is 3.61. The number of fused-ring (bicyclic) bond motifs is 1. The van der Waals surface area contributed by atoms with Gasteiger partial charge in [-0.2, -0.15) is 5.26 Å². The van der Waals surface area contributed by atoms with E-state index in [-0.39, 0.29) is 0 Å². The average molecular weight is 302 g/mol. The molecule has 3 heteroatoms. The van der Waals surface area contributed by atoms with Crippen LogP contribution in [0.2, 0.25) is 0 Å². The van der Waals surface area contributed by atoms with Gasteiger partial charge in [0.05, 0.1) is 11.6 Å². The molecule has 3 nitrogen and oxygen atoms in total. The van der Waals surface area contributed by atoms with Crippen molar-refractivity contribution in [3.05, 3.63) is 65.7 Å². The summed E-state index contributed by atoms with van der Waals surface area (Å²) >= 11 is 0. The summed E-state index contributed by atoms with van der Waals surface area (Å²) in [6.45, 7) is 2.26. The SMILES string of the molecule is N#Cc1ccc(Oc2ccc(C3=C[C@H]4CNC[C@H]4C3)cc2)cc1. The molecule has 0 saturated carbocycles. The van der Waals surface area contributed by atoms with E-state index in [9.17, 15) is 0 Å². The highest BCUT2D eigenvalue weighted by Gasteiger charge is 2.31. The lowest BCUT2D eigenvalue weighted by molar-refractivity contribution is 0.482. The molecule has 0 spiro atoms. The molecule has 0 bridgehead atoms. The van der Waals surface area contributed by atoms with E-state index in [4.69, 9.17) is 10.00 Å². The molecule has 2 aromatic carbocycles. The molecular weight excluding hydrogens is 284 g/mol. The predicted octanol–water partition coefficient (Wildman–Crippen LogP) is 3.97. The maximum absolute atomic E-state index is 8.81. The molecule has 1 N–H and O–H groups in total. The van der Waals surface area contributed by atoms with E-state index in [1.807, 2.05) is 24.3 Å². The second-order valence-electron chi connectivity index (χ2n) is 6.24. The second kappa shape index (κ2) is 5.91. The van der Waals surface area contributed by atoms with Crippen LogP contribution in [-0.2, 0) is 0 Å². The van der Waals surface area contributed by atoms with Gasteiger partial charge in [0.1, 0.15) is 11.5 Å². The number of rotatable bonds is 3. The van der Waals surface area contributed by atoms with Crippen molar-refractivity contribution >= 4 is 5.57 Å². The monoisotopic (exact) mass is 302 g/mol. The van der Waals surface area contributed by atoms with E-state index in [1.54, 1.807) is 12.1 Å². The summed E-state index contributed by atoms with van der Waals surface area (Å²) in [7, 11) is 0. The van der Waals surface area contributed by atoms with Gasteiger partial charge in [0.15, 0.2) is 0 Å². The first-order chi connectivity index (χ1) is 11.3. The van der Waals surface area contributed by atoms with Crippen molar-refractivity contribution in [2.24, 2.45) is 11.8 Å². The van der Waals surface area contributed by atoms with Crippen LogP contribution in [0.4, 0.5) is 0 Å². The predicted molar refractivity (Wildman–Crippen MR) is 90.1 cm³/mol. The van der Waals surface area contributed by atoms with Gasteiger partial charge in [0.25, 0.3) is 0 Å². The Balaban J connectivity index is 1.46. The topological polar surface area (TPSA) is 45.0 Å². The lowest BCUT2D eigenvalue weighted by atomic mass is 9.98. The molecule has 2 aliphatic rings. The number of nitrogens with zero attached hydrogens (tertiary/aromatic N) is 1. The molecule has 2 atom stereocenters. The van der Waals surface area contributed by atoms with Crippen LogP contribution in [0, 0.1) is 23.2 Å². The first-order valence-electron chi connectivity index (χ1n) is 8.02. The van der Waals surface area contributed by atoms with Gasteiger partial charge in [-0.15, -0.1) is 0 Å². The van der Waals surface area contributed by atoms with Crippen LogP contribution in [0.5, 0.6) is 11.5 Å². The Morgan fingerprint density at radius 1 is 0.957 bits per heavy atom. The highest BCUT2D eigenvalue weighted by Crippen LogP contribution is 2.38. The highest BCUT2D eigenvalue weighted by molar-refractivity contribution is 5.69. The Bertz CT molecular complexity index is 769. The van der Waals surface area contributed by atoms with E-state index < -0.39 is 0 Å². The largest absolute Gasteiger partial charge is 0.457 e. The number of hydrogen-bond acceptors (Lipinski definition) is 3. The van der Waals surface area contributed by atoms with E-state index in [1.165, 1.54) is 17.6 Å². The molecule has 1 fully saturated rings. The summed E-state index contributed by atoms with van der Waals surface area (Å²) in [5.41, 5.74) is 3.40. The molecule has 2 aromatic rings. The summed E-state index contributed by atoms with van der Waals surface area (Å²) < 4.78 is 5.83. The minimum atomic E-state index is 0.640. The molecule has 4 rings (SSSR count). The molecule has 0 amide bonds. The normalized spacial score (nSPS) is 22.3. The van der Waals surface area contributed by atoms with Gasteiger partial charge in [0.2, 0.25) is 0 Å². The van der Waals surface area contributed by atoms with Crippen molar-refractivity contribution < 1.29 is 4.74 Å². The van der Waals surface area contributed by atoms with Crippen molar-refractivity contribution in [3.8, 4) is 17.6 Å². The Morgan fingerprint density at radius 3 is 2.30 bits per heavy atom. The summed E-state index contributed by atoms with van der Waals surface area (Å²) in [5.74, 6) is 3.05. The quantitative estimate of drug-likeness (QED) is 0.933. The first-order valence-corrected chi connectivity index (χ1v) is 8.02. The molecular formula is C20H18N2O. The number of allylic oxidation sites excluding steroid dienone is 1. The number of ether oxygens (including phenoxy) is 1. The summed E-state index contributed by atoms with van der Waals surface area (Å²) in [6, 6.07) is 17.6. The smallest absolute Gasteiger partial charge is 0.127 e. The molecule has 23 heavy (non-hydrogen) atoms. The van der Waals surface area contributed by atoms with Gasteiger partial charge < -0.3 is 10.1 Å².